The fraction of sp³-hybridized carbons (Fsp3) is 0.647. The minimum Gasteiger partial charge on any atom is -0.497 e. The van der Waals surface area contributed by atoms with Gasteiger partial charge >= 0.3 is 0 Å². The number of rotatable bonds is 8. The molecule has 4 nitrogen and oxygen atoms in total. The van der Waals surface area contributed by atoms with Gasteiger partial charge in [0, 0.05) is 12.1 Å². The van der Waals surface area contributed by atoms with E-state index in [9.17, 15) is 5.11 Å². The van der Waals surface area contributed by atoms with Crippen LogP contribution in [0.1, 0.15) is 39.7 Å². The van der Waals surface area contributed by atoms with E-state index in [1.807, 2.05) is 18.2 Å². The summed E-state index contributed by atoms with van der Waals surface area (Å²) < 4.78 is 11.1. The van der Waals surface area contributed by atoms with Gasteiger partial charge in [0.25, 0.3) is 0 Å². The predicted octanol–water partition coefficient (Wildman–Crippen LogP) is 2.73. The van der Waals surface area contributed by atoms with Gasteiger partial charge in [0.1, 0.15) is 24.2 Å². The number of nitrogens with one attached hydrogen (secondary N) is 1. The summed E-state index contributed by atoms with van der Waals surface area (Å²) in [5.41, 5.74) is 1.03. The molecule has 0 aliphatic carbocycles. The van der Waals surface area contributed by atoms with Crippen molar-refractivity contribution in [1.82, 2.24) is 5.32 Å². The topological polar surface area (TPSA) is 50.7 Å². The second-order valence-electron chi connectivity index (χ2n) is 6.28. The smallest absolute Gasteiger partial charge is 0.123 e. The molecule has 1 aromatic rings. The molecule has 2 N–H and O–H groups in total. The highest BCUT2D eigenvalue weighted by Crippen LogP contribution is 2.34. The van der Waals surface area contributed by atoms with Crippen molar-refractivity contribution in [2.24, 2.45) is 0 Å². The third-order valence-electron chi connectivity index (χ3n) is 3.23. The molecule has 4 heteroatoms. The van der Waals surface area contributed by atoms with Crippen molar-refractivity contribution in [3.8, 4) is 11.5 Å². The Hall–Kier alpha value is -1.26. The summed E-state index contributed by atoms with van der Waals surface area (Å²) in [4.78, 5) is 0. The first-order valence-electron chi connectivity index (χ1n) is 7.58. The molecule has 1 atom stereocenters. The molecule has 0 amide bonds. The Morgan fingerprint density at radius 2 is 2.00 bits per heavy atom. The Labute approximate surface area is 128 Å². The molecule has 120 valence electrons. The zero-order valence-corrected chi connectivity index (χ0v) is 13.9. The number of ether oxygens (including phenoxy) is 2. The van der Waals surface area contributed by atoms with Crippen molar-refractivity contribution < 1.29 is 14.6 Å². The molecule has 0 aromatic heterocycles. The number of aliphatic hydroxyl groups is 1. The number of hydrogen-bond acceptors (Lipinski definition) is 4. The minimum atomic E-state index is -0.508. The van der Waals surface area contributed by atoms with Gasteiger partial charge in [-0.15, -0.1) is 0 Å². The molecule has 0 aliphatic rings. The summed E-state index contributed by atoms with van der Waals surface area (Å²) in [6, 6.07) is 5.79. The molecule has 0 heterocycles. The normalized spacial score (nSPS) is 13.0. The third kappa shape index (κ3) is 5.94. The van der Waals surface area contributed by atoms with Crippen LogP contribution < -0.4 is 14.8 Å². The maximum Gasteiger partial charge on any atom is 0.123 e. The zero-order valence-electron chi connectivity index (χ0n) is 13.9. The van der Waals surface area contributed by atoms with E-state index in [-0.39, 0.29) is 12.0 Å². The van der Waals surface area contributed by atoms with Crippen LogP contribution in [0, 0.1) is 0 Å². The van der Waals surface area contributed by atoms with Crippen LogP contribution in [0.3, 0.4) is 0 Å². The van der Waals surface area contributed by atoms with Crippen molar-refractivity contribution in [3.05, 3.63) is 23.8 Å². The lowest BCUT2D eigenvalue weighted by atomic mass is 9.86. The van der Waals surface area contributed by atoms with E-state index in [0.29, 0.717) is 6.54 Å². The van der Waals surface area contributed by atoms with Crippen molar-refractivity contribution in [2.75, 3.05) is 26.8 Å². The lowest BCUT2D eigenvalue weighted by Gasteiger charge is -2.24. The molecule has 0 bridgehead atoms. The summed E-state index contributed by atoms with van der Waals surface area (Å²) in [6.07, 6.45) is 0.548. The molecular weight excluding hydrogens is 266 g/mol. The number of benzene rings is 1. The SMILES string of the molecule is CCCNCC(O)COc1ccc(OC)cc1C(C)(C)C. The minimum absolute atomic E-state index is 0.0463. The Morgan fingerprint density at radius 3 is 2.57 bits per heavy atom. The molecule has 1 rings (SSSR count). The first-order valence-corrected chi connectivity index (χ1v) is 7.58. The molecule has 0 spiro atoms. The van der Waals surface area contributed by atoms with Crippen LogP contribution in [0.2, 0.25) is 0 Å². The Kier molecular flexibility index (Phi) is 6.99. The zero-order chi connectivity index (χ0) is 15.9. The van der Waals surface area contributed by atoms with Crippen LogP contribution in [0.4, 0.5) is 0 Å². The second kappa shape index (κ2) is 8.25. The van der Waals surface area contributed by atoms with Crippen molar-refractivity contribution >= 4 is 0 Å². The van der Waals surface area contributed by atoms with E-state index in [0.717, 1.165) is 30.0 Å². The molecule has 1 unspecified atom stereocenters. The van der Waals surface area contributed by atoms with Crippen LogP contribution in [0.15, 0.2) is 18.2 Å². The van der Waals surface area contributed by atoms with Crippen LogP contribution in [0.25, 0.3) is 0 Å². The largest absolute Gasteiger partial charge is 0.497 e. The van der Waals surface area contributed by atoms with Crippen LogP contribution >= 0.6 is 0 Å². The average molecular weight is 295 g/mol. The first-order chi connectivity index (χ1) is 9.88. The van der Waals surface area contributed by atoms with Crippen molar-refractivity contribution in [1.29, 1.82) is 0 Å². The highest BCUT2D eigenvalue weighted by atomic mass is 16.5. The van der Waals surface area contributed by atoms with E-state index in [4.69, 9.17) is 9.47 Å². The van der Waals surface area contributed by atoms with Gasteiger partial charge < -0.3 is 19.9 Å². The maximum absolute atomic E-state index is 9.92. The summed E-state index contributed by atoms with van der Waals surface area (Å²) >= 11 is 0. The van der Waals surface area contributed by atoms with E-state index >= 15 is 0 Å². The van der Waals surface area contributed by atoms with Gasteiger partial charge in [0.2, 0.25) is 0 Å². The van der Waals surface area contributed by atoms with Crippen LogP contribution in [-0.4, -0.2) is 38.0 Å². The van der Waals surface area contributed by atoms with E-state index in [1.165, 1.54) is 0 Å². The highest BCUT2D eigenvalue weighted by molar-refractivity contribution is 5.44. The fourth-order valence-corrected chi connectivity index (χ4v) is 2.04. The van der Waals surface area contributed by atoms with Crippen LogP contribution in [-0.2, 0) is 5.41 Å². The third-order valence-corrected chi connectivity index (χ3v) is 3.23. The molecule has 21 heavy (non-hydrogen) atoms. The summed E-state index contributed by atoms with van der Waals surface area (Å²) in [5, 5.41) is 13.1. The molecule has 0 radical (unpaired) electrons. The lowest BCUT2D eigenvalue weighted by Crippen LogP contribution is -2.32. The monoisotopic (exact) mass is 295 g/mol. The molecule has 0 saturated carbocycles. The maximum atomic E-state index is 9.92. The lowest BCUT2D eigenvalue weighted by molar-refractivity contribution is 0.105. The van der Waals surface area contributed by atoms with Crippen LogP contribution in [0.5, 0.6) is 11.5 Å². The van der Waals surface area contributed by atoms with Gasteiger partial charge in [-0.1, -0.05) is 27.7 Å². The second-order valence-corrected chi connectivity index (χ2v) is 6.28. The number of aliphatic hydroxyl groups excluding tert-OH is 1. The van der Waals surface area contributed by atoms with Gasteiger partial charge in [-0.05, 0) is 36.6 Å². The van der Waals surface area contributed by atoms with Gasteiger partial charge in [0.15, 0.2) is 0 Å². The Bertz CT molecular complexity index is 427. The molecule has 1 aromatic carbocycles. The standard InChI is InChI=1S/C17H29NO3/c1-6-9-18-11-13(19)12-21-16-8-7-14(20-5)10-15(16)17(2,3)4/h7-8,10,13,18-19H,6,9,11-12H2,1-5H3. The molecule has 0 aliphatic heterocycles. The van der Waals surface area contributed by atoms with E-state index in [2.05, 4.69) is 33.0 Å². The molecular formula is C17H29NO3. The highest BCUT2D eigenvalue weighted by Gasteiger charge is 2.20. The molecule has 0 saturated heterocycles. The van der Waals surface area contributed by atoms with Gasteiger partial charge in [-0.25, -0.2) is 0 Å². The Balaban J connectivity index is 2.70. The van der Waals surface area contributed by atoms with Crippen molar-refractivity contribution in [2.45, 2.75) is 45.6 Å². The summed E-state index contributed by atoms with van der Waals surface area (Å²) in [6.45, 7) is 10.2. The number of methoxy groups -OCH3 is 1. The number of hydrogen-bond donors (Lipinski definition) is 2. The van der Waals surface area contributed by atoms with E-state index < -0.39 is 6.10 Å². The molecule has 0 fully saturated rings. The Morgan fingerprint density at radius 1 is 1.29 bits per heavy atom. The average Bonchev–Trinajstić information content (AvgIpc) is 2.44. The van der Waals surface area contributed by atoms with Gasteiger partial charge in [0.05, 0.1) is 7.11 Å². The first kappa shape index (κ1) is 17.8. The van der Waals surface area contributed by atoms with Gasteiger partial charge in [-0.3, -0.25) is 0 Å². The summed E-state index contributed by atoms with van der Waals surface area (Å²) in [7, 11) is 1.66. The van der Waals surface area contributed by atoms with E-state index in [1.54, 1.807) is 7.11 Å². The van der Waals surface area contributed by atoms with Crippen molar-refractivity contribution in [3.63, 3.8) is 0 Å². The van der Waals surface area contributed by atoms with Gasteiger partial charge in [-0.2, -0.15) is 0 Å². The summed E-state index contributed by atoms with van der Waals surface area (Å²) in [5.74, 6) is 1.62. The fourth-order valence-electron chi connectivity index (χ4n) is 2.04. The predicted molar refractivity (Wildman–Crippen MR) is 86.4 cm³/mol. The quantitative estimate of drug-likeness (QED) is 0.724.